The van der Waals surface area contributed by atoms with Crippen LogP contribution in [0.5, 0.6) is 0 Å². The van der Waals surface area contributed by atoms with Crippen LogP contribution in [0.2, 0.25) is 0 Å². The number of cyclic esters (lactones) is 1. The van der Waals surface area contributed by atoms with Crippen molar-refractivity contribution < 1.29 is 19.2 Å². The molecule has 2 rings (SSSR count). The molecule has 8 nitrogen and oxygen atoms in total. The van der Waals surface area contributed by atoms with E-state index in [2.05, 4.69) is 10.6 Å². The second kappa shape index (κ2) is 5.55. The predicted molar refractivity (Wildman–Crippen MR) is 69.4 cm³/mol. The average molecular weight is 279 g/mol. The number of nitro groups is 1. The number of carbonyl (C=O) groups excluding carboxylic acids is 2. The van der Waals surface area contributed by atoms with Gasteiger partial charge in [-0.25, -0.2) is 9.59 Å². The van der Waals surface area contributed by atoms with E-state index in [1.54, 1.807) is 6.07 Å². The van der Waals surface area contributed by atoms with Crippen LogP contribution in [0.3, 0.4) is 0 Å². The topological polar surface area (TPSA) is 111 Å². The van der Waals surface area contributed by atoms with Crippen LogP contribution in [0.1, 0.15) is 12.0 Å². The van der Waals surface area contributed by atoms with Gasteiger partial charge in [0.15, 0.2) is 0 Å². The van der Waals surface area contributed by atoms with Crippen LogP contribution in [0, 0.1) is 17.0 Å². The molecule has 1 atom stereocenters. The summed E-state index contributed by atoms with van der Waals surface area (Å²) in [6, 6.07) is 3.11. The second-order valence-corrected chi connectivity index (χ2v) is 4.31. The van der Waals surface area contributed by atoms with E-state index in [9.17, 15) is 19.7 Å². The number of nitro benzene ring substituents is 1. The third-order valence-electron chi connectivity index (χ3n) is 2.99. The average Bonchev–Trinajstić information content (AvgIpc) is 2.77. The van der Waals surface area contributed by atoms with Gasteiger partial charge in [0.05, 0.1) is 22.8 Å². The molecule has 2 N–H and O–H groups in total. The van der Waals surface area contributed by atoms with Crippen LogP contribution >= 0.6 is 0 Å². The smallest absolute Gasteiger partial charge is 0.328 e. The quantitative estimate of drug-likeness (QED) is 0.492. The number of ether oxygens (including phenoxy) is 1. The van der Waals surface area contributed by atoms with Crippen molar-refractivity contribution >= 4 is 23.4 Å². The lowest BCUT2D eigenvalue weighted by Crippen LogP contribution is -2.40. The molecule has 0 unspecified atom stereocenters. The molecule has 1 aliphatic heterocycles. The molecule has 1 heterocycles. The van der Waals surface area contributed by atoms with Gasteiger partial charge in [-0.05, 0) is 13.0 Å². The Morgan fingerprint density at radius 1 is 1.50 bits per heavy atom. The lowest BCUT2D eigenvalue weighted by Gasteiger charge is -2.12. The van der Waals surface area contributed by atoms with E-state index >= 15 is 0 Å². The SMILES string of the molecule is Cc1c(NC(=O)N[C@H]2CCOC2=O)cccc1[N+](=O)[O-]. The van der Waals surface area contributed by atoms with Crippen LogP contribution in [-0.4, -0.2) is 29.6 Å². The summed E-state index contributed by atoms with van der Waals surface area (Å²) in [6.45, 7) is 1.82. The number of nitrogens with one attached hydrogen (secondary N) is 2. The number of rotatable bonds is 3. The van der Waals surface area contributed by atoms with Crippen molar-refractivity contribution in [1.29, 1.82) is 0 Å². The summed E-state index contributed by atoms with van der Waals surface area (Å²) >= 11 is 0. The fourth-order valence-electron chi connectivity index (χ4n) is 1.90. The number of amides is 2. The minimum absolute atomic E-state index is 0.0805. The van der Waals surface area contributed by atoms with Gasteiger partial charge in [-0.3, -0.25) is 10.1 Å². The maximum absolute atomic E-state index is 11.7. The van der Waals surface area contributed by atoms with Crippen molar-refractivity contribution in [2.75, 3.05) is 11.9 Å². The highest BCUT2D eigenvalue weighted by atomic mass is 16.6. The minimum Gasteiger partial charge on any atom is -0.464 e. The summed E-state index contributed by atoms with van der Waals surface area (Å²) in [5.74, 6) is -0.476. The first-order valence-electron chi connectivity index (χ1n) is 5.97. The summed E-state index contributed by atoms with van der Waals surface area (Å²) in [5.41, 5.74) is 0.591. The van der Waals surface area contributed by atoms with E-state index in [1.807, 2.05) is 0 Å². The van der Waals surface area contributed by atoms with Crippen molar-refractivity contribution in [2.24, 2.45) is 0 Å². The van der Waals surface area contributed by atoms with Crippen molar-refractivity contribution in [3.63, 3.8) is 0 Å². The van der Waals surface area contributed by atoms with E-state index in [0.29, 0.717) is 17.7 Å². The van der Waals surface area contributed by atoms with Crippen molar-refractivity contribution in [3.05, 3.63) is 33.9 Å². The largest absolute Gasteiger partial charge is 0.464 e. The van der Waals surface area contributed by atoms with Gasteiger partial charge >= 0.3 is 12.0 Å². The molecule has 20 heavy (non-hydrogen) atoms. The van der Waals surface area contributed by atoms with Crippen LogP contribution < -0.4 is 10.6 Å². The zero-order chi connectivity index (χ0) is 14.7. The number of urea groups is 1. The van der Waals surface area contributed by atoms with Gasteiger partial charge in [0.2, 0.25) is 0 Å². The number of carbonyl (C=O) groups is 2. The van der Waals surface area contributed by atoms with Gasteiger partial charge in [-0.15, -0.1) is 0 Å². The molecular weight excluding hydrogens is 266 g/mol. The molecule has 1 fully saturated rings. The number of esters is 1. The van der Waals surface area contributed by atoms with E-state index in [4.69, 9.17) is 4.74 Å². The molecule has 0 radical (unpaired) electrons. The third-order valence-corrected chi connectivity index (χ3v) is 2.99. The normalized spacial score (nSPS) is 17.4. The highest BCUT2D eigenvalue weighted by molar-refractivity contribution is 5.93. The highest BCUT2D eigenvalue weighted by Gasteiger charge is 2.28. The molecule has 106 valence electrons. The van der Waals surface area contributed by atoms with E-state index in [1.165, 1.54) is 19.1 Å². The summed E-state index contributed by atoms with van der Waals surface area (Å²) in [6.07, 6.45) is 0.417. The molecule has 0 aromatic heterocycles. The fourth-order valence-corrected chi connectivity index (χ4v) is 1.90. The second-order valence-electron chi connectivity index (χ2n) is 4.31. The van der Waals surface area contributed by atoms with E-state index in [0.717, 1.165) is 0 Å². The monoisotopic (exact) mass is 279 g/mol. The van der Waals surface area contributed by atoms with Crippen LogP contribution in [0.25, 0.3) is 0 Å². The first kappa shape index (κ1) is 13.8. The van der Waals surface area contributed by atoms with E-state index < -0.39 is 23.0 Å². The number of hydrogen-bond donors (Lipinski definition) is 2. The van der Waals surface area contributed by atoms with E-state index in [-0.39, 0.29) is 12.3 Å². The molecule has 0 spiro atoms. The summed E-state index contributed by atoms with van der Waals surface area (Å²) in [4.78, 5) is 33.2. The Labute approximate surface area is 114 Å². The zero-order valence-corrected chi connectivity index (χ0v) is 10.7. The van der Waals surface area contributed by atoms with Crippen molar-refractivity contribution in [1.82, 2.24) is 5.32 Å². The molecule has 0 bridgehead atoms. The van der Waals surface area contributed by atoms with Crippen LogP contribution in [-0.2, 0) is 9.53 Å². The Morgan fingerprint density at radius 2 is 2.25 bits per heavy atom. The van der Waals surface area contributed by atoms with Crippen LogP contribution in [0.4, 0.5) is 16.2 Å². The zero-order valence-electron chi connectivity index (χ0n) is 10.7. The Hall–Kier alpha value is -2.64. The Balaban J connectivity index is 2.06. The number of nitrogens with zero attached hydrogens (tertiary/aromatic N) is 1. The van der Waals surface area contributed by atoms with Gasteiger partial charge in [0.25, 0.3) is 5.69 Å². The molecule has 1 aromatic carbocycles. The summed E-state index contributed by atoms with van der Waals surface area (Å²) in [7, 11) is 0. The van der Waals surface area contributed by atoms with Crippen molar-refractivity contribution in [3.8, 4) is 0 Å². The van der Waals surface area contributed by atoms with Gasteiger partial charge in [-0.2, -0.15) is 0 Å². The molecule has 0 saturated carbocycles. The molecule has 0 aliphatic carbocycles. The maximum Gasteiger partial charge on any atom is 0.328 e. The number of hydrogen-bond acceptors (Lipinski definition) is 5. The minimum atomic E-state index is -0.672. The molecular formula is C12H13N3O5. The fraction of sp³-hybridized carbons (Fsp3) is 0.333. The summed E-state index contributed by atoms with van der Waals surface area (Å²) in [5, 5.41) is 15.7. The Kier molecular flexibility index (Phi) is 3.83. The lowest BCUT2D eigenvalue weighted by atomic mass is 10.1. The summed E-state index contributed by atoms with van der Waals surface area (Å²) < 4.78 is 4.72. The van der Waals surface area contributed by atoms with Gasteiger partial charge in [-0.1, -0.05) is 6.07 Å². The maximum atomic E-state index is 11.7. The Morgan fingerprint density at radius 3 is 2.85 bits per heavy atom. The lowest BCUT2D eigenvalue weighted by molar-refractivity contribution is -0.385. The number of anilines is 1. The first-order chi connectivity index (χ1) is 9.49. The highest BCUT2D eigenvalue weighted by Crippen LogP contribution is 2.24. The van der Waals surface area contributed by atoms with Gasteiger partial charge in [0, 0.05) is 12.5 Å². The first-order valence-corrected chi connectivity index (χ1v) is 5.97. The van der Waals surface area contributed by atoms with Crippen molar-refractivity contribution in [2.45, 2.75) is 19.4 Å². The molecule has 1 aliphatic rings. The predicted octanol–water partition coefficient (Wildman–Crippen LogP) is 1.34. The molecule has 1 aromatic rings. The molecule has 2 amide bonds. The van der Waals surface area contributed by atoms with Crippen LogP contribution in [0.15, 0.2) is 18.2 Å². The number of benzene rings is 1. The molecule has 8 heteroatoms. The van der Waals surface area contributed by atoms with Gasteiger partial charge in [0.1, 0.15) is 6.04 Å². The van der Waals surface area contributed by atoms with Gasteiger partial charge < -0.3 is 15.4 Å². The Bertz CT molecular complexity index is 572. The molecule has 1 saturated heterocycles. The third kappa shape index (κ3) is 2.85. The standard InChI is InChI=1S/C12H13N3O5/c1-7-8(3-2-4-10(7)15(18)19)13-12(17)14-9-5-6-20-11(9)16/h2-4,9H,5-6H2,1H3,(H2,13,14,17)/t9-/m0/s1.